The van der Waals surface area contributed by atoms with Gasteiger partial charge in [-0.25, -0.2) is 4.98 Å². The van der Waals surface area contributed by atoms with Gasteiger partial charge in [0.05, 0.1) is 23.9 Å². The molecule has 0 fully saturated rings. The van der Waals surface area contributed by atoms with E-state index in [4.69, 9.17) is 9.47 Å². The lowest BCUT2D eigenvalue weighted by Crippen LogP contribution is -2.32. The monoisotopic (exact) mass is 406 g/mol. The van der Waals surface area contributed by atoms with Crippen molar-refractivity contribution in [3.63, 3.8) is 0 Å². The average molecular weight is 406 g/mol. The molecular formula is C21H21F3N2O3. The smallest absolute Gasteiger partial charge is 0.416 e. The number of alkyl halides is 3. The van der Waals surface area contributed by atoms with Crippen LogP contribution in [0.4, 0.5) is 13.2 Å². The number of fused-ring (bicyclic) bond motifs is 1. The van der Waals surface area contributed by atoms with Crippen LogP contribution in [0.1, 0.15) is 48.7 Å². The zero-order valence-corrected chi connectivity index (χ0v) is 15.8. The molecule has 0 bridgehead atoms. The number of carbonyl (C=O) groups is 1. The number of aromatic nitrogens is 1. The molecule has 0 saturated heterocycles. The summed E-state index contributed by atoms with van der Waals surface area (Å²) in [5.41, 5.74) is 0.640. The minimum absolute atomic E-state index is 0.258. The minimum atomic E-state index is -4.40. The summed E-state index contributed by atoms with van der Waals surface area (Å²) in [5, 5.41) is 2.87. The highest BCUT2D eigenvalue weighted by Gasteiger charge is 2.32. The van der Waals surface area contributed by atoms with Crippen molar-refractivity contribution in [3.8, 4) is 11.6 Å². The molecule has 8 heteroatoms. The van der Waals surface area contributed by atoms with E-state index in [0.717, 1.165) is 17.7 Å². The molecule has 2 atom stereocenters. The number of carbonyl (C=O) groups excluding carboxylic acids is 1. The van der Waals surface area contributed by atoms with Gasteiger partial charge in [0.2, 0.25) is 11.8 Å². The predicted octanol–water partition coefficient (Wildman–Crippen LogP) is 4.76. The lowest BCUT2D eigenvalue weighted by molar-refractivity contribution is -0.137. The zero-order chi connectivity index (χ0) is 21.0. The van der Waals surface area contributed by atoms with Gasteiger partial charge in [-0.2, -0.15) is 13.2 Å². The topological polar surface area (TPSA) is 60.5 Å². The van der Waals surface area contributed by atoms with E-state index in [9.17, 15) is 18.0 Å². The van der Waals surface area contributed by atoms with E-state index in [1.165, 1.54) is 18.2 Å². The third-order valence-electron chi connectivity index (χ3n) is 4.58. The minimum Gasteiger partial charge on any atom is -0.484 e. The molecule has 5 nitrogen and oxygen atoms in total. The zero-order valence-electron chi connectivity index (χ0n) is 15.8. The molecule has 1 heterocycles. The van der Waals surface area contributed by atoms with Gasteiger partial charge in [0.25, 0.3) is 0 Å². The van der Waals surface area contributed by atoms with Gasteiger partial charge < -0.3 is 14.8 Å². The van der Waals surface area contributed by atoms with Crippen LogP contribution in [0.3, 0.4) is 0 Å². The van der Waals surface area contributed by atoms with Gasteiger partial charge in [-0.05, 0) is 56.2 Å². The van der Waals surface area contributed by atoms with Gasteiger partial charge in [-0.1, -0.05) is 6.58 Å². The highest BCUT2D eigenvalue weighted by Crippen LogP contribution is 2.39. The fourth-order valence-electron chi connectivity index (χ4n) is 3.24. The third-order valence-corrected chi connectivity index (χ3v) is 4.58. The number of nitrogens with zero attached hydrogens (tertiary/aromatic N) is 1. The molecule has 29 heavy (non-hydrogen) atoms. The molecule has 3 rings (SSSR count). The Kier molecular flexibility index (Phi) is 6.10. The quantitative estimate of drug-likeness (QED) is 0.703. The van der Waals surface area contributed by atoms with Crippen molar-refractivity contribution in [2.24, 2.45) is 0 Å². The van der Waals surface area contributed by atoms with Crippen LogP contribution < -0.4 is 14.8 Å². The Morgan fingerprint density at radius 1 is 1.24 bits per heavy atom. The van der Waals surface area contributed by atoms with Crippen LogP contribution in [0.25, 0.3) is 0 Å². The number of hydrogen-bond acceptors (Lipinski definition) is 4. The molecule has 154 valence electrons. The summed E-state index contributed by atoms with van der Waals surface area (Å²) in [6.07, 6.45) is -2.56. The fraction of sp³-hybridized carbons (Fsp3) is 0.333. The van der Waals surface area contributed by atoms with Crippen LogP contribution in [0, 0.1) is 0 Å². The SMILES string of the molecule is C=CC(=O)N[C@H]1CC[C@@H](Oc2ccc(C(F)(F)F)cc2)c2nc(OCC)ccc21. The van der Waals surface area contributed by atoms with Crippen LogP contribution >= 0.6 is 0 Å². The van der Waals surface area contributed by atoms with E-state index in [-0.39, 0.29) is 11.9 Å². The van der Waals surface area contributed by atoms with Crippen molar-refractivity contribution >= 4 is 5.91 Å². The maximum Gasteiger partial charge on any atom is 0.416 e. The molecule has 0 unspecified atom stereocenters. The summed E-state index contributed by atoms with van der Waals surface area (Å²) in [6.45, 7) is 5.74. The van der Waals surface area contributed by atoms with Gasteiger partial charge in [0.15, 0.2) is 0 Å². The van der Waals surface area contributed by atoms with E-state index >= 15 is 0 Å². The number of amides is 1. The number of hydrogen-bond donors (Lipinski definition) is 1. The molecule has 2 aromatic rings. The molecule has 0 radical (unpaired) electrons. The average Bonchev–Trinajstić information content (AvgIpc) is 2.69. The largest absolute Gasteiger partial charge is 0.484 e. The van der Waals surface area contributed by atoms with Crippen LogP contribution in [-0.2, 0) is 11.0 Å². The number of rotatable bonds is 6. The predicted molar refractivity (Wildman–Crippen MR) is 101 cm³/mol. The Labute approximate surface area is 166 Å². The first-order valence-electron chi connectivity index (χ1n) is 9.22. The Morgan fingerprint density at radius 3 is 2.59 bits per heavy atom. The van der Waals surface area contributed by atoms with Gasteiger partial charge in [-0.3, -0.25) is 4.79 Å². The molecule has 1 N–H and O–H groups in total. The van der Waals surface area contributed by atoms with Crippen molar-refractivity contribution in [2.45, 2.75) is 38.1 Å². The third kappa shape index (κ3) is 4.88. The molecule has 1 aromatic carbocycles. The maximum atomic E-state index is 12.8. The lowest BCUT2D eigenvalue weighted by Gasteiger charge is -2.31. The Morgan fingerprint density at radius 2 is 1.97 bits per heavy atom. The van der Waals surface area contributed by atoms with Gasteiger partial charge in [-0.15, -0.1) is 0 Å². The molecular weight excluding hydrogens is 385 g/mol. The molecule has 1 aromatic heterocycles. The summed E-state index contributed by atoms with van der Waals surface area (Å²) in [4.78, 5) is 16.3. The van der Waals surface area contributed by atoms with Crippen molar-refractivity contribution in [1.29, 1.82) is 0 Å². The molecule has 1 amide bonds. The van der Waals surface area contributed by atoms with E-state index in [1.807, 2.05) is 13.0 Å². The van der Waals surface area contributed by atoms with Crippen LogP contribution in [0.5, 0.6) is 11.6 Å². The highest BCUT2D eigenvalue weighted by atomic mass is 19.4. The normalized spacial score (nSPS) is 18.5. The maximum absolute atomic E-state index is 12.8. The van der Waals surface area contributed by atoms with E-state index in [0.29, 0.717) is 36.8 Å². The Balaban J connectivity index is 1.87. The van der Waals surface area contributed by atoms with Crippen molar-refractivity contribution in [3.05, 3.63) is 65.9 Å². The lowest BCUT2D eigenvalue weighted by atomic mass is 9.89. The van der Waals surface area contributed by atoms with Crippen LogP contribution in [0.2, 0.25) is 0 Å². The second-order valence-corrected chi connectivity index (χ2v) is 6.53. The molecule has 0 aliphatic heterocycles. The van der Waals surface area contributed by atoms with E-state index in [1.54, 1.807) is 6.07 Å². The summed E-state index contributed by atoms with van der Waals surface area (Å²) in [7, 11) is 0. The first kappa shape index (κ1) is 20.7. The summed E-state index contributed by atoms with van der Waals surface area (Å²) in [5.74, 6) is 0.436. The summed E-state index contributed by atoms with van der Waals surface area (Å²) < 4.78 is 49.7. The molecule has 1 aliphatic carbocycles. The Bertz CT molecular complexity index is 882. The molecule has 0 spiro atoms. The van der Waals surface area contributed by atoms with Gasteiger partial charge in [0, 0.05) is 11.6 Å². The number of nitrogens with one attached hydrogen (secondary N) is 1. The molecule has 1 aliphatic rings. The van der Waals surface area contributed by atoms with Gasteiger partial charge >= 0.3 is 6.18 Å². The number of benzene rings is 1. The number of ether oxygens (including phenoxy) is 2. The van der Waals surface area contributed by atoms with Gasteiger partial charge in [0.1, 0.15) is 11.9 Å². The number of pyridine rings is 1. The molecule has 0 saturated carbocycles. The van der Waals surface area contributed by atoms with Crippen molar-refractivity contribution < 1.29 is 27.4 Å². The second kappa shape index (κ2) is 8.55. The highest BCUT2D eigenvalue weighted by molar-refractivity contribution is 5.87. The van der Waals surface area contributed by atoms with E-state index in [2.05, 4.69) is 16.9 Å². The summed E-state index contributed by atoms with van der Waals surface area (Å²) >= 11 is 0. The Hall–Kier alpha value is -3.03. The van der Waals surface area contributed by atoms with Crippen LogP contribution in [0.15, 0.2) is 49.1 Å². The standard InChI is InChI=1S/C21H21F3N2O3/c1-3-18(27)25-16-10-11-17(20-15(16)9-12-19(26-20)28-4-2)29-14-7-5-13(6-8-14)21(22,23)24/h3,5-9,12,16-17H,1,4,10-11H2,2H3,(H,25,27)/t16-,17+/m0/s1. The fourth-order valence-corrected chi connectivity index (χ4v) is 3.24. The second-order valence-electron chi connectivity index (χ2n) is 6.53. The number of halogens is 3. The van der Waals surface area contributed by atoms with Crippen LogP contribution in [-0.4, -0.2) is 17.5 Å². The first-order valence-corrected chi connectivity index (χ1v) is 9.22. The van der Waals surface area contributed by atoms with E-state index < -0.39 is 17.8 Å². The first-order chi connectivity index (χ1) is 13.8. The summed E-state index contributed by atoms with van der Waals surface area (Å²) in [6, 6.07) is 7.83. The van der Waals surface area contributed by atoms with Crippen molar-refractivity contribution in [1.82, 2.24) is 10.3 Å². The van der Waals surface area contributed by atoms with Crippen molar-refractivity contribution in [2.75, 3.05) is 6.61 Å².